The van der Waals surface area contributed by atoms with Crippen molar-refractivity contribution in [1.29, 1.82) is 0 Å². The van der Waals surface area contributed by atoms with Gasteiger partial charge in [0.2, 0.25) is 11.8 Å². The van der Waals surface area contributed by atoms with Gasteiger partial charge in [0.15, 0.2) is 0 Å². The standard InChI is InChI=1S/2C15H21ClN2O2.2C15H20N2O2.C12H18N2O.2C8H14N2O2/c2*1-12(16)15(20)18-8-7-17(10-14(18)11-19)9-13-5-3-2-4-6-13;2*1-12-15(18)17-8-7-16(10-14(17)11-19-12)9-13-5-3-2-4-6-13;15-10-12-9-14(7-6-13-12)8-11-4-2-1-3-5-11;2*1-6-8(11)10-3-2-9-4-7(10)5-12-6/h2*2-6,12,14,19H,7-11H2,1H3;2*2-6,12,14H,7-11H2,1H3;1-5,12-13,15H,6-10H2;2*6-7,9H,2-5H2,1H3/t12-,14+;12-,14-;12-,14+;12-,14-;12-;6-,7+;6-,7-/m1010010/s1. The number of ether oxygens (including phenoxy) is 4. The largest absolute Gasteiger partial charge is 0.395 e. The van der Waals surface area contributed by atoms with Crippen LogP contribution in [0.15, 0.2) is 152 Å². The van der Waals surface area contributed by atoms with Crippen LogP contribution in [0.4, 0.5) is 0 Å². The van der Waals surface area contributed by atoms with Gasteiger partial charge in [-0.05, 0) is 69.4 Å². The second kappa shape index (κ2) is 47.8. The maximum absolute atomic E-state index is 12.0. The molecule has 0 saturated carbocycles. The number of hydrogen-bond acceptors (Lipinski definition) is 21. The van der Waals surface area contributed by atoms with Gasteiger partial charge in [-0.1, -0.05) is 152 Å². The third-order valence-electron chi connectivity index (χ3n) is 23.1. The van der Waals surface area contributed by atoms with Crippen molar-refractivity contribution in [2.24, 2.45) is 0 Å². The number of nitrogens with one attached hydrogen (secondary N) is 3. The number of aliphatic hydroxyl groups is 3. The van der Waals surface area contributed by atoms with Crippen molar-refractivity contribution in [2.75, 3.05) is 184 Å². The number of carbonyl (C=O) groups excluding carboxylic acids is 6. The maximum Gasteiger partial charge on any atom is 0.251 e. The summed E-state index contributed by atoms with van der Waals surface area (Å²) in [4.78, 5) is 94.1. The van der Waals surface area contributed by atoms with Crippen LogP contribution in [0.1, 0.15) is 69.4 Å². The van der Waals surface area contributed by atoms with Crippen LogP contribution in [0.5, 0.6) is 0 Å². The summed E-state index contributed by atoms with van der Waals surface area (Å²) in [5.41, 5.74) is 6.49. The molecular formula is C88H128Cl2N14O13. The predicted octanol–water partition coefficient (Wildman–Crippen LogP) is 3.74. The quantitative estimate of drug-likeness (QED) is 0.0815. The van der Waals surface area contributed by atoms with Crippen molar-refractivity contribution >= 4 is 58.6 Å². The van der Waals surface area contributed by atoms with Gasteiger partial charge in [-0.2, -0.15) is 0 Å². The van der Waals surface area contributed by atoms with E-state index in [1.54, 1.807) is 23.6 Å². The number of morpholine rings is 4. The zero-order valence-electron chi connectivity index (χ0n) is 69.4. The molecule has 0 bridgehead atoms. The second-order valence-electron chi connectivity index (χ2n) is 32.0. The Kier molecular flexibility index (Phi) is 37.6. The fraction of sp³-hybridized carbons (Fsp3) is 0.591. The lowest BCUT2D eigenvalue weighted by molar-refractivity contribution is -0.163. The Labute approximate surface area is 702 Å². The van der Waals surface area contributed by atoms with Crippen LogP contribution in [-0.4, -0.2) is 366 Å². The number of fused-ring (bicyclic) bond motifs is 4. The lowest BCUT2D eigenvalue weighted by Gasteiger charge is -2.45. The topological polar surface area (TPSA) is 272 Å². The Hall–Kier alpha value is -7.10. The SMILES string of the molecule is C[C@@H](Cl)C(=O)N1CCN(Cc2ccccc2)C[C@H]1CO.C[C@@H]1OC[C@@H]2CN(Cc3ccccc3)CCN2C1=O.C[C@@H]1OC[C@@H]2CNCCN2C1=O.C[C@H](Cl)C(=O)N1CCN(Cc2ccccc2)C[C@H]1CO.C[C@H]1OC[C@@H]2CN(Cc3ccccc3)CCN2C1=O.C[C@H]1OC[C@@H]2CNCCN2C1=O.OC[C@@H]1CN(Cc2ccccc2)CCN1. The summed E-state index contributed by atoms with van der Waals surface area (Å²) < 4.78 is 21.7. The molecule has 642 valence electrons. The third-order valence-corrected chi connectivity index (χ3v) is 23.5. The lowest BCUT2D eigenvalue weighted by Crippen LogP contribution is -2.61. The summed E-state index contributed by atoms with van der Waals surface area (Å²) in [5, 5.41) is 36.8. The summed E-state index contributed by atoms with van der Waals surface area (Å²) in [6.45, 7) is 35.9. The van der Waals surface area contributed by atoms with E-state index in [4.69, 9.17) is 47.3 Å². The molecule has 11 saturated heterocycles. The molecule has 16 rings (SSSR count). The highest BCUT2D eigenvalue weighted by molar-refractivity contribution is 6.30. The first-order chi connectivity index (χ1) is 56.7. The van der Waals surface area contributed by atoms with Crippen molar-refractivity contribution in [3.8, 4) is 0 Å². The number of halogens is 2. The van der Waals surface area contributed by atoms with E-state index in [-0.39, 0.29) is 122 Å². The van der Waals surface area contributed by atoms with Gasteiger partial charge >= 0.3 is 0 Å². The highest BCUT2D eigenvalue weighted by atomic mass is 35.5. The van der Waals surface area contributed by atoms with E-state index in [1.165, 1.54) is 27.8 Å². The summed E-state index contributed by atoms with van der Waals surface area (Å²) >= 11 is 11.7. The first kappa shape index (κ1) is 92.2. The summed E-state index contributed by atoms with van der Waals surface area (Å²) in [6.07, 6.45) is -1.01. The molecule has 11 heterocycles. The van der Waals surface area contributed by atoms with Gasteiger partial charge in [-0.25, -0.2) is 0 Å². The van der Waals surface area contributed by atoms with Crippen LogP contribution in [0.3, 0.4) is 0 Å². The van der Waals surface area contributed by atoms with Crippen LogP contribution in [0, 0.1) is 0 Å². The van der Waals surface area contributed by atoms with Gasteiger partial charge in [-0.3, -0.25) is 53.3 Å². The Balaban J connectivity index is 0.000000145. The van der Waals surface area contributed by atoms with Crippen LogP contribution < -0.4 is 16.0 Å². The molecule has 0 radical (unpaired) electrons. The molecule has 13 atom stereocenters. The Morgan fingerprint density at radius 1 is 0.368 bits per heavy atom. The van der Waals surface area contributed by atoms with Gasteiger partial charge in [0, 0.05) is 176 Å². The van der Waals surface area contributed by atoms with Gasteiger partial charge in [0.1, 0.15) is 35.2 Å². The minimum atomic E-state index is -0.537. The average Bonchev–Trinajstić information content (AvgIpc) is 0.823. The number of hydrogen-bond donors (Lipinski definition) is 6. The smallest absolute Gasteiger partial charge is 0.251 e. The number of aliphatic hydroxyl groups excluding tert-OH is 3. The number of carbonyl (C=O) groups is 6. The number of piperazine rings is 7. The Morgan fingerprint density at radius 2 is 0.650 bits per heavy atom. The predicted molar refractivity (Wildman–Crippen MR) is 453 cm³/mol. The van der Waals surface area contributed by atoms with Crippen molar-refractivity contribution < 1.29 is 63.0 Å². The van der Waals surface area contributed by atoms with E-state index in [2.05, 4.69) is 138 Å². The van der Waals surface area contributed by atoms with Gasteiger partial charge < -0.3 is 79.6 Å². The second-order valence-corrected chi connectivity index (χ2v) is 33.3. The summed E-state index contributed by atoms with van der Waals surface area (Å²) in [6, 6.07) is 52.8. The first-order valence-electron chi connectivity index (χ1n) is 42.0. The average molecular weight is 1660 g/mol. The molecule has 11 aliphatic rings. The van der Waals surface area contributed by atoms with Crippen LogP contribution in [0.2, 0.25) is 0 Å². The molecular weight excluding hydrogens is 1530 g/mol. The zero-order valence-corrected chi connectivity index (χ0v) is 70.9. The fourth-order valence-corrected chi connectivity index (χ4v) is 16.7. The van der Waals surface area contributed by atoms with Crippen LogP contribution >= 0.6 is 23.2 Å². The molecule has 5 aromatic rings. The molecule has 27 nitrogen and oxygen atoms in total. The van der Waals surface area contributed by atoms with E-state index >= 15 is 0 Å². The monoisotopic (exact) mass is 1660 g/mol. The van der Waals surface area contributed by atoms with Crippen LogP contribution in [-0.2, 0) is 80.4 Å². The first-order valence-corrected chi connectivity index (χ1v) is 42.9. The molecule has 0 aliphatic carbocycles. The lowest BCUT2D eigenvalue weighted by atomic mass is 10.1. The molecule has 5 aromatic carbocycles. The van der Waals surface area contributed by atoms with E-state index in [9.17, 15) is 39.0 Å². The highest BCUT2D eigenvalue weighted by Crippen LogP contribution is 2.24. The van der Waals surface area contributed by atoms with Crippen molar-refractivity contribution in [3.63, 3.8) is 0 Å². The molecule has 29 heteroatoms. The molecule has 0 unspecified atom stereocenters. The fourth-order valence-electron chi connectivity index (χ4n) is 16.5. The number of amides is 6. The number of rotatable bonds is 15. The van der Waals surface area contributed by atoms with Crippen LogP contribution in [0.25, 0.3) is 0 Å². The van der Waals surface area contributed by atoms with E-state index in [0.717, 1.165) is 144 Å². The van der Waals surface area contributed by atoms with Gasteiger partial charge in [-0.15, -0.1) is 23.2 Å². The Morgan fingerprint density at radius 3 is 0.949 bits per heavy atom. The normalized spacial score (nSPS) is 27.0. The van der Waals surface area contributed by atoms with E-state index in [1.807, 2.05) is 102 Å². The summed E-state index contributed by atoms with van der Waals surface area (Å²) in [5.74, 6) is 0.405. The zero-order chi connectivity index (χ0) is 83.2. The van der Waals surface area contributed by atoms with Crippen molar-refractivity contribution in [1.82, 2.24) is 69.8 Å². The molecule has 6 N–H and O–H groups in total. The molecule has 11 fully saturated rings. The van der Waals surface area contributed by atoms with E-state index in [0.29, 0.717) is 52.6 Å². The Bertz CT molecular complexity index is 3580. The minimum absolute atomic E-state index is 0.0271. The molecule has 117 heavy (non-hydrogen) atoms. The minimum Gasteiger partial charge on any atom is -0.395 e. The number of nitrogens with zero attached hydrogens (tertiary/aromatic N) is 11. The molecule has 0 spiro atoms. The molecule has 0 aromatic heterocycles. The van der Waals surface area contributed by atoms with Gasteiger partial charge in [0.25, 0.3) is 23.6 Å². The summed E-state index contributed by atoms with van der Waals surface area (Å²) in [7, 11) is 0. The van der Waals surface area contributed by atoms with Crippen molar-refractivity contribution in [3.05, 3.63) is 179 Å². The maximum atomic E-state index is 12.0. The number of alkyl halides is 2. The third kappa shape index (κ3) is 28.0. The highest BCUT2D eigenvalue weighted by Gasteiger charge is 2.41. The van der Waals surface area contributed by atoms with Crippen molar-refractivity contribution in [2.45, 2.75) is 152 Å². The molecule has 6 amide bonds. The number of benzene rings is 5. The van der Waals surface area contributed by atoms with Gasteiger partial charge in [0.05, 0.1) is 82.5 Å². The molecule has 11 aliphatic heterocycles. The van der Waals surface area contributed by atoms with E-state index < -0.39 is 10.8 Å².